The van der Waals surface area contributed by atoms with Gasteiger partial charge in [0.1, 0.15) is 0 Å². The van der Waals surface area contributed by atoms with Gasteiger partial charge in [-0.15, -0.1) is 0 Å². The van der Waals surface area contributed by atoms with Crippen LogP contribution in [0.25, 0.3) is 66.2 Å². The fraction of sp³-hybridized carbons (Fsp3) is 0.115. The van der Waals surface area contributed by atoms with Gasteiger partial charge in [0.25, 0.3) is 0 Å². The van der Waals surface area contributed by atoms with Crippen molar-refractivity contribution in [1.29, 1.82) is 0 Å². The first-order valence-electron chi connectivity index (χ1n) is 22.1. The molecule has 0 N–H and O–H groups in total. The highest BCUT2D eigenvalue weighted by Crippen LogP contribution is 2.61. The molecule has 12 rings (SSSR count). The number of rotatable bonds is 7. The quantitative estimate of drug-likeness (QED) is 0.115. The third kappa shape index (κ3) is 5.34. The van der Waals surface area contributed by atoms with Crippen LogP contribution in [0.3, 0.4) is 0 Å². The van der Waals surface area contributed by atoms with Gasteiger partial charge >= 0.3 is 0 Å². The van der Waals surface area contributed by atoms with Gasteiger partial charge in [-0.25, -0.2) is 0 Å². The Hall–Kier alpha value is -7.22. The predicted octanol–water partition coefficient (Wildman–Crippen LogP) is 16.4. The van der Waals surface area contributed by atoms with Gasteiger partial charge in [-0.3, -0.25) is 0 Å². The first-order valence-corrected chi connectivity index (χ1v) is 22.1. The summed E-state index contributed by atoms with van der Waals surface area (Å²) >= 11 is 0. The first-order chi connectivity index (χ1) is 30.3. The molecule has 0 amide bonds. The van der Waals surface area contributed by atoms with E-state index in [0.717, 1.165) is 17.8 Å². The fourth-order valence-electron chi connectivity index (χ4n) is 11.4. The molecule has 2 aliphatic rings. The molecule has 0 aromatic heterocycles. The normalized spacial score (nSPS) is 14.5. The Morgan fingerprint density at radius 3 is 1.45 bits per heavy atom. The lowest BCUT2D eigenvalue weighted by Gasteiger charge is -2.29. The Balaban J connectivity index is 1.05. The lowest BCUT2D eigenvalue weighted by molar-refractivity contribution is 0.665. The van der Waals surface area contributed by atoms with Crippen molar-refractivity contribution < 1.29 is 0 Å². The fourth-order valence-corrected chi connectivity index (χ4v) is 11.4. The topological polar surface area (TPSA) is 3.24 Å². The summed E-state index contributed by atoms with van der Waals surface area (Å²) in [4.78, 5) is 2.39. The maximum Gasteiger partial charge on any atom is 0.0465 e. The van der Waals surface area contributed by atoms with E-state index in [1.807, 2.05) is 0 Å². The molecule has 0 saturated heterocycles. The van der Waals surface area contributed by atoms with Crippen LogP contribution < -0.4 is 4.90 Å². The molecule has 0 fully saturated rings. The van der Waals surface area contributed by atoms with Crippen molar-refractivity contribution in [3.63, 3.8) is 0 Å². The van der Waals surface area contributed by atoms with E-state index in [0.29, 0.717) is 0 Å². The molecule has 2 aliphatic carbocycles. The Bertz CT molecular complexity index is 3350. The minimum Gasteiger partial charge on any atom is -0.310 e. The lowest BCUT2D eigenvalue weighted by Crippen LogP contribution is -2.17. The largest absolute Gasteiger partial charge is 0.310 e. The number of nitrogens with zero attached hydrogens (tertiary/aromatic N) is 1. The van der Waals surface area contributed by atoms with Crippen molar-refractivity contribution in [2.75, 3.05) is 4.90 Å². The number of benzene rings is 10. The van der Waals surface area contributed by atoms with Gasteiger partial charge in [0.05, 0.1) is 0 Å². The molecule has 10 aromatic carbocycles. The molecule has 0 unspecified atom stereocenters. The van der Waals surface area contributed by atoms with Crippen molar-refractivity contribution in [2.24, 2.45) is 0 Å². The molecular weight excluding hydrogens is 747 g/mol. The second-order valence-electron chi connectivity index (χ2n) is 18.4. The van der Waals surface area contributed by atoms with E-state index >= 15 is 0 Å². The summed E-state index contributed by atoms with van der Waals surface area (Å²) in [5.74, 6) is 0. The zero-order valence-electron chi connectivity index (χ0n) is 35.7. The zero-order valence-corrected chi connectivity index (χ0v) is 35.7. The molecule has 0 aliphatic heterocycles. The molecule has 0 radical (unpaired) electrons. The molecule has 0 heterocycles. The smallest absolute Gasteiger partial charge is 0.0465 e. The third-order valence-corrected chi connectivity index (χ3v) is 14.1. The minimum absolute atomic E-state index is 0.210. The molecule has 1 nitrogen and oxygen atoms in total. The summed E-state index contributed by atoms with van der Waals surface area (Å²) in [6.07, 6.45) is 3.30. The van der Waals surface area contributed by atoms with Crippen LogP contribution in [0.2, 0.25) is 0 Å². The van der Waals surface area contributed by atoms with Crippen LogP contribution in [-0.2, 0) is 17.3 Å². The van der Waals surface area contributed by atoms with Crippen LogP contribution in [0.4, 0.5) is 17.1 Å². The summed E-state index contributed by atoms with van der Waals surface area (Å²) < 4.78 is 0. The predicted molar refractivity (Wildman–Crippen MR) is 264 cm³/mol. The van der Waals surface area contributed by atoms with Crippen molar-refractivity contribution in [3.05, 3.63) is 233 Å². The molecular formula is C61H47N. The molecule has 0 spiro atoms. The molecule has 62 heavy (non-hydrogen) atoms. The second-order valence-corrected chi connectivity index (χ2v) is 18.4. The summed E-state index contributed by atoms with van der Waals surface area (Å²) in [6.45, 7) is 9.79. The van der Waals surface area contributed by atoms with Crippen molar-refractivity contribution in [2.45, 2.75) is 44.9 Å². The number of para-hydroxylation sites is 2. The van der Waals surface area contributed by atoms with Crippen molar-refractivity contribution in [3.8, 4) is 22.3 Å². The van der Waals surface area contributed by atoms with E-state index in [9.17, 15) is 0 Å². The number of hydrogen-bond acceptors (Lipinski definition) is 1. The van der Waals surface area contributed by atoms with E-state index in [-0.39, 0.29) is 10.8 Å². The number of fused-ring (bicyclic) bond motifs is 10. The van der Waals surface area contributed by atoms with Gasteiger partial charge in [-0.2, -0.15) is 0 Å². The van der Waals surface area contributed by atoms with E-state index < -0.39 is 0 Å². The maximum atomic E-state index is 2.48. The molecule has 296 valence electrons. The van der Waals surface area contributed by atoms with Crippen LogP contribution in [-0.4, -0.2) is 0 Å². The molecule has 0 saturated carbocycles. The van der Waals surface area contributed by atoms with E-state index in [1.165, 1.54) is 105 Å². The van der Waals surface area contributed by atoms with Crippen LogP contribution in [0.1, 0.15) is 66.6 Å². The molecule has 1 heteroatoms. The van der Waals surface area contributed by atoms with Crippen LogP contribution in [0.15, 0.2) is 194 Å². The Morgan fingerprint density at radius 2 is 0.903 bits per heavy atom. The van der Waals surface area contributed by atoms with E-state index in [4.69, 9.17) is 0 Å². The SMILES string of the molecule is CC1(C)c2cc(/C=C(/Cc3ccccc3)c3ccccc3)ccc2-c2c1c1cccc3c4c(c5cccc2c5c31)C(C)(C)c1cc(N(c2ccccc2)c2ccccc2)ccc1-4. The van der Waals surface area contributed by atoms with Gasteiger partial charge in [0, 0.05) is 27.9 Å². The number of anilines is 3. The van der Waals surface area contributed by atoms with Gasteiger partial charge < -0.3 is 4.90 Å². The van der Waals surface area contributed by atoms with E-state index in [1.54, 1.807) is 0 Å². The van der Waals surface area contributed by atoms with E-state index in [2.05, 4.69) is 233 Å². The average Bonchev–Trinajstić information content (AvgIpc) is 3.69. The zero-order chi connectivity index (χ0) is 41.7. The lowest BCUT2D eigenvalue weighted by atomic mass is 9.75. The summed E-state index contributed by atoms with van der Waals surface area (Å²) in [6, 6.07) is 71.9. The summed E-state index contributed by atoms with van der Waals surface area (Å²) in [7, 11) is 0. The van der Waals surface area contributed by atoms with Crippen LogP contribution in [0, 0.1) is 0 Å². The second kappa shape index (κ2) is 13.6. The number of hydrogen-bond donors (Lipinski definition) is 0. The van der Waals surface area contributed by atoms with Gasteiger partial charge in [-0.05, 0) is 142 Å². The van der Waals surface area contributed by atoms with Crippen LogP contribution in [0.5, 0.6) is 0 Å². The summed E-state index contributed by atoms with van der Waals surface area (Å²) in [5.41, 5.74) is 19.3. The summed E-state index contributed by atoms with van der Waals surface area (Å²) in [5, 5.41) is 8.25. The molecule has 10 aromatic rings. The standard InChI is InChI=1S/C61H47N/c1-60(2)52-37-40(36-42(41-21-11-6-12-22-41)35-39-19-9-5-10-20-39)31-33-46(52)56-48-27-17-30-51-54(48)55-49(28-18-29-50(55)58(56)60)57-47-34-32-45(38-53(47)61(3,4)59(51)57)62(43-23-13-7-14-24-43)44-25-15-8-16-26-44/h5-34,36-38H,35H2,1-4H3/b42-36-. The number of allylic oxidation sites excluding steroid dienone is 1. The Labute approximate surface area is 364 Å². The maximum absolute atomic E-state index is 2.48. The molecule has 0 bridgehead atoms. The Morgan fingerprint density at radius 1 is 0.435 bits per heavy atom. The highest BCUT2D eigenvalue weighted by molar-refractivity contribution is 6.33. The highest BCUT2D eigenvalue weighted by Gasteiger charge is 2.43. The van der Waals surface area contributed by atoms with Gasteiger partial charge in [0.15, 0.2) is 0 Å². The van der Waals surface area contributed by atoms with Crippen molar-refractivity contribution >= 4 is 61.0 Å². The average molecular weight is 794 g/mol. The highest BCUT2D eigenvalue weighted by atomic mass is 15.1. The van der Waals surface area contributed by atoms with Crippen LogP contribution >= 0.6 is 0 Å². The van der Waals surface area contributed by atoms with Crippen molar-refractivity contribution in [1.82, 2.24) is 0 Å². The Kier molecular flexibility index (Phi) is 8.06. The third-order valence-electron chi connectivity index (χ3n) is 14.1. The minimum atomic E-state index is -0.235. The molecule has 0 atom stereocenters. The van der Waals surface area contributed by atoms with Gasteiger partial charge in [0.2, 0.25) is 0 Å². The monoisotopic (exact) mass is 793 g/mol. The van der Waals surface area contributed by atoms with Gasteiger partial charge in [-0.1, -0.05) is 191 Å². The first kappa shape index (κ1) is 36.6.